The van der Waals surface area contributed by atoms with Crippen molar-refractivity contribution in [2.75, 3.05) is 0 Å². The normalized spacial score (nSPS) is 12.0. The zero-order valence-electron chi connectivity index (χ0n) is 25.9. The van der Waals surface area contributed by atoms with Gasteiger partial charge in [0, 0.05) is 45.0 Å². The standard InChI is InChI=1S/C43H29N5/c1-4-12-28(13-5-1)40-32-19-21-34(45-32)41(29-14-6-2-7-15-29)36-23-25-38(47-36)43(31-18-10-11-27-44-31)39-26-24-37(48-39)42(30-16-8-3-9-17-30)35-22-20-33(40)46-35/h1-27,45-46H. The van der Waals surface area contributed by atoms with Crippen molar-refractivity contribution in [2.45, 2.75) is 0 Å². The molecule has 2 aliphatic rings. The minimum absolute atomic E-state index is 0.820. The van der Waals surface area contributed by atoms with Crippen LogP contribution in [0.1, 0.15) is 22.8 Å². The molecule has 0 radical (unpaired) electrons. The molecule has 5 heteroatoms. The zero-order chi connectivity index (χ0) is 31.9. The molecule has 0 saturated heterocycles. The number of nitrogens with zero attached hydrogens (tertiary/aromatic N) is 3. The summed E-state index contributed by atoms with van der Waals surface area (Å²) in [6, 6.07) is 46.0. The minimum Gasteiger partial charge on any atom is -0.354 e. The van der Waals surface area contributed by atoms with E-state index in [1.54, 1.807) is 0 Å². The van der Waals surface area contributed by atoms with Gasteiger partial charge in [0.15, 0.2) is 0 Å². The van der Waals surface area contributed by atoms with Crippen molar-refractivity contribution >= 4 is 46.4 Å². The molecule has 7 aromatic rings. The Bertz CT molecular complexity index is 2390. The largest absolute Gasteiger partial charge is 0.354 e. The molecule has 6 heterocycles. The van der Waals surface area contributed by atoms with Gasteiger partial charge in [-0.3, -0.25) is 4.98 Å². The maximum atomic E-state index is 5.29. The van der Waals surface area contributed by atoms with Gasteiger partial charge in [-0.2, -0.15) is 0 Å². The summed E-state index contributed by atoms with van der Waals surface area (Å²) in [5.74, 6) is 0. The Morgan fingerprint density at radius 3 is 1.12 bits per heavy atom. The molecule has 0 amide bonds. The van der Waals surface area contributed by atoms with Crippen LogP contribution in [0.2, 0.25) is 0 Å². The molecular weight excluding hydrogens is 587 g/mol. The Labute approximate surface area is 277 Å². The van der Waals surface area contributed by atoms with E-state index >= 15 is 0 Å². The predicted octanol–water partition coefficient (Wildman–Crippen LogP) is 10.7. The van der Waals surface area contributed by atoms with E-state index in [0.29, 0.717) is 0 Å². The lowest BCUT2D eigenvalue weighted by Gasteiger charge is -2.06. The van der Waals surface area contributed by atoms with E-state index in [1.807, 2.05) is 36.5 Å². The quantitative estimate of drug-likeness (QED) is 0.207. The van der Waals surface area contributed by atoms with Gasteiger partial charge >= 0.3 is 0 Å². The summed E-state index contributed by atoms with van der Waals surface area (Å²) < 4.78 is 0. The second-order valence-corrected chi connectivity index (χ2v) is 11.8. The van der Waals surface area contributed by atoms with Gasteiger partial charge in [0.05, 0.1) is 34.0 Å². The molecule has 5 nitrogen and oxygen atoms in total. The molecule has 0 spiro atoms. The molecule has 0 unspecified atom stereocenters. The fourth-order valence-electron chi connectivity index (χ4n) is 6.71. The summed E-state index contributed by atoms with van der Waals surface area (Å²) in [5.41, 5.74) is 15.5. The van der Waals surface area contributed by atoms with E-state index in [2.05, 4.69) is 137 Å². The fourth-order valence-corrected chi connectivity index (χ4v) is 6.71. The number of nitrogens with one attached hydrogen (secondary N) is 2. The van der Waals surface area contributed by atoms with Crippen LogP contribution in [0.4, 0.5) is 0 Å². The van der Waals surface area contributed by atoms with Gasteiger partial charge in [-0.1, -0.05) is 97.1 Å². The highest BCUT2D eigenvalue weighted by molar-refractivity contribution is 6.00. The van der Waals surface area contributed by atoms with Gasteiger partial charge in [-0.05, 0) is 77.4 Å². The van der Waals surface area contributed by atoms with E-state index in [-0.39, 0.29) is 0 Å². The van der Waals surface area contributed by atoms with E-state index in [4.69, 9.17) is 15.0 Å². The van der Waals surface area contributed by atoms with Crippen LogP contribution < -0.4 is 0 Å². The Morgan fingerprint density at radius 2 is 0.708 bits per heavy atom. The maximum absolute atomic E-state index is 5.29. The highest BCUT2D eigenvalue weighted by Crippen LogP contribution is 2.37. The number of pyridine rings is 1. The van der Waals surface area contributed by atoms with Crippen molar-refractivity contribution in [2.24, 2.45) is 0 Å². The number of rotatable bonds is 4. The number of aromatic nitrogens is 5. The summed E-state index contributed by atoms with van der Waals surface area (Å²) in [6.45, 7) is 0. The lowest BCUT2D eigenvalue weighted by Crippen LogP contribution is -1.92. The van der Waals surface area contributed by atoms with E-state index in [9.17, 15) is 0 Å². The van der Waals surface area contributed by atoms with Crippen molar-refractivity contribution in [1.29, 1.82) is 0 Å². The van der Waals surface area contributed by atoms with Crippen molar-refractivity contribution in [1.82, 2.24) is 24.9 Å². The minimum atomic E-state index is 0.820. The highest BCUT2D eigenvalue weighted by Gasteiger charge is 2.19. The molecule has 9 rings (SSSR count). The predicted molar refractivity (Wildman–Crippen MR) is 198 cm³/mol. The summed E-state index contributed by atoms with van der Waals surface area (Å²) >= 11 is 0. The Balaban J connectivity index is 1.49. The first-order chi connectivity index (χ1) is 23.8. The van der Waals surface area contributed by atoms with Gasteiger partial charge < -0.3 is 9.97 Å². The molecule has 8 bridgehead atoms. The number of benzene rings is 3. The van der Waals surface area contributed by atoms with Crippen molar-refractivity contribution in [3.05, 3.63) is 162 Å². The van der Waals surface area contributed by atoms with Gasteiger partial charge in [-0.25, -0.2) is 9.97 Å². The summed E-state index contributed by atoms with van der Waals surface area (Å²) in [7, 11) is 0. The van der Waals surface area contributed by atoms with Crippen LogP contribution in [-0.2, 0) is 0 Å². The first-order valence-corrected chi connectivity index (χ1v) is 16.0. The molecule has 0 fully saturated rings. The summed E-state index contributed by atoms with van der Waals surface area (Å²) in [4.78, 5) is 23.0. The van der Waals surface area contributed by atoms with Crippen molar-refractivity contribution < 1.29 is 0 Å². The molecule has 0 atom stereocenters. The number of hydrogen-bond acceptors (Lipinski definition) is 3. The second kappa shape index (κ2) is 11.6. The van der Waals surface area contributed by atoms with E-state index in [1.165, 1.54) is 0 Å². The van der Waals surface area contributed by atoms with Crippen LogP contribution in [0.5, 0.6) is 0 Å². The number of H-pyrrole nitrogens is 2. The molecule has 48 heavy (non-hydrogen) atoms. The molecule has 4 aromatic heterocycles. The van der Waals surface area contributed by atoms with Crippen LogP contribution >= 0.6 is 0 Å². The molecule has 226 valence electrons. The molecule has 0 aliphatic carbocycles. The zero-order valence-corrected chi connectivity index (χ0v) is 25.9. The first kappa shape index (κ1) is 27.7. The summed E-state index contributed by atoms with van der Waals surface area (Å²) in [6.07, 6.45) is 10.2. The molecule has 2 N–H and O–H groups in total. The third kappa shape index (κ3) is 4.86. The van der Waals surface area contributed by atoms with Crippen LogP contribution in [-0.4, -0.2) is 24.9 Å². The average molecular weight is 616 g/mol. The van der Waals surface area contributed by atoms with Gasteiger partial charge in [0.1, 0.15) is 0 Å². The monoisotopic (exact) mass is 615 g/mol. The van der Waals surface area contributed by atoms with Gasteiger partial charge in [-0.15, -0.1) is 0 Å². The molecule has 2 aliphatic heterocycles. The Kier molecular flexibility index (Phi) is 6.72. The highest BCUT2D eigenvalue weighted by atomic mass is 14.8. The van der Waals surface area contributed by atoms with Gasteiger partial charge in [0.2, 0.25) is 0 Å². The smallest absolute Gasteiger partial charge is 0.0753 e. The Morgan fingerprint density at radius 1 is 0.333 bits per heavy atom. The Hall–Kier alpha value is -6.59. The van der Waals surface area contributed by atoms with E-state index < -0.39 is 0 Å². The SMILES string of the molecule is C1=Cc2nc1c(-c1ccccn1)c1nc(c(-c3ccccc3)c3ccc([nH]3)c(-c3ccccc3)c3ccc([nH]3)c2-c2ccccc2)C=C1. The number of aromatic amines is 2. The summed E-state index contributed by atoms with van der Waals surface area (Å²) in [5, 5.41) is 0. The van der Waals surface area contributed by atoms with Gasteiger partial charge in [0.25, 0.3) is 0 Å². The molecule has 3 aromatic carbocycles. The van der Waals surface area contributed by atoms with E-state index in [0.717, 1.165) is 89.5 Å². The second-order valence-electron chi connectivity index (χ2n) is 11.8. The van der Waals surface area contributed by atoms with Crippen molar-refractivity contribution in [3.8, 4) is 44.6 Å². The average Bonchev–Trinajstić information content (AvgIpc) is 3.98. The lowest BCUT2D eigenvalue weighted by molar-refractivity contribution is 1.24. The van der Waals surface area contributed by atoms with Crippen LogP contribution in [0, 0.1) is 0 Å². The van der Waals surface area contributed by atoms with Crippen LogP contribution in [0.25, 0.3) is 91.0 Å². The van der Waals surface area contributed by atoms with Crippen molar-refractivity contribution in [3.63, 3.8) is 0 Å². The topological polar surface area (TPSA) is 70.2 Å². The lowest BCUT2D eigenvalue weighted by atomic mass is 10.0. The molecule has 0 saturated carbocycles. The third-order valence-electron chi connectivity index (χ3n) is 8.86. The van der Waals surface area contributed by atoms with Crippen LogP contribution in [0.15, 0.2) is 140 Å². The van der Waals surface area contributed by atoms with Crippen LogP contribution in [0.3, 0.4) is 0 Å². The fraction of sp³-hybridized carbons (Fsp3) is 0. The third-order valence-corrected chi connectivity index (χ3v) is 8.86. The first-order valence-electron chi connectivity index (χ1n) is 16.0. The number of hydrogen-bond donors (Lipinski definition) is 2. The number of fused-ring (bicyclic) bond motifs is 8. The molecular formula is C43H29N5. The maximum Gasteiger partial charge on any atom is 0.0753 e.